The van der Waals surface area contributed by atoms with Crippen LogP contribution in [0.3, 0.4) is 0 Å². The van der Waals surface area contributed by atoms with E-state index < -0.39 is 0 Å². The third kappa shape index (κ3) is 1.25. The van der Waals surface area contributed by atoms with Gasteiger partial charge < -0.3 is 0 Å². The van der Waals surface area contributed by atoms with Crippen molar-refractivity contribution in [1.29, 1.82) is 0 Å². The fourth-order valence-electron chi connectivity index (χ4n) is 2.73. The lowest BCUT2D eigenvalue weighted by Gasteiger charge is -2.03. The fraction of sp³-hybridized carbons (Fsp3) is 0.0588. The molecule has 0 N–H and O–H groups in total. The van der Waals surface area contributed by atoms with Crippen molar-refractivity contribution < 1.29 is 0 Å². The lowest BCUT2D eigenvalue weighted by Crippen LogP contribution is -1.78. The summed E-state index contributed by atoms with van der Waals surface area (Å²) < 4.78 is 2.79. The standard InChI is InChI=1S/C17H12S/c1-11-10-15-13-7-4-5-9-16(13)18-17(15)14-8-3-2-6-12(11)14/h2-10H,1H3. The van der Waals surface area contributed by atoms with E-state index in [1.807, 2.05) is 11.3 Å². The van der Waals surface area contributed by atoms with Crippen LogP contribution in [-0.4, -0.2) is 0 Å². The molecule has 0 atom stereocenters. The molecule has 0 saturated carbocycles. The normalized spacial score (nSPS) is 11.6. The fourth-order valence-corrected chi connectivity index (χ4v) is 3.95. The van der Waals surface area contributed by atoms with Crippen molar-refractivity contribution in [3.8, 4) is 0 Å². The van der Waals surface area contributed by atoms with E-state index in [1.165, 1.54) is 36.5 Å². The second-order valence-electron chi connectivity index (χ2n) is 4.71. The number of hydrogen-bond acceptors (Lipinski definition) is 1. The quantitative estimate of drug-likeness (QED) is 0.384. The largest absolute Gasteiger partial charge is 0.135 e. The van der Waals surface area contributed by atoms with Gasteiger partial charge in [0.1, 0.15) is 0 Å². The Morgan fingerprint density at radius 1 is 0.722 bits per heavy atom. The van der Waals surface area contributed by atoms with Crippen LogP contribution in [0.15, 0.2) is 54.6 Å². The topological polar surface area (TPSA) is 0 Å². The Kier molecular flexibility index (Phi) is 2.00. The highest BCUT2D eigenvalue weighted by Gasteiger charge is 2.09. The van der Waals surface area contributed by atoms with Crippen LogP contribution in [0.25, 0.3) is 30.9 Å². The first-order valence-electron chi connectivity index (χ1n) is 6.14. The van der Waals surface area contributed by atoms with Gasteiger partial charge in [0.15, 0.2) is 0 Å². The summed E-state index contributed by atoms with van der Waals surface area (Å²) in [5.41, 5.74) is 1.36. The third-order valence-electron chi connectivity index (χ3n) is 3.59. The smallest absolute Gasteiger partial charge is 0.0434 e. The Morgan fingerprint density at radius 2 is 1.39 bits per heavy atom. The van der Waals surface area contributed by atoms with Crippen LogP contribution in [0.2, 0.25) is 0 Å². The highest BCUT2D eigenvalue weighted by atomic mass is 32.1. The summed E-state index contributed by atoms with van der Waals surface area (Å²) in [5.74, 6) is 0. The lowest BCUT2D eigenvalue weighted by molar-refractivity contribution is 1.57. The van der Waals surface area contributed by atoms with E-state index >= 15 is 0 Å². The van der Waals surface area contributed by atoms with Crippen molar-refractivity contribution in [2.75, 3.05) is 0 Å². The van der Waals surface area contributed by atoms with Gasteiger partial charge in [0.2, 0.25) is 0 Å². The number of hydrogen-bond donors (Lipinski definition) is 0. The van der Waals surface area contributed by atoms with Gasteiger partial charge in [-0.3, -0.25) is 0 Å². The second-order valence-corrected chi connectivity index (χ2v) is 5.77. The minimum absolute atomic E-state index is 1.36. The van der Waals surface area contributed by atoms with Gasteiger partial charge in [-0.2, -0.15) is 0 Å². The zero-order chi connectivity index (χ0) is 12.1. The zero-order valence-corrected chi connectivity index (χ0v) is 10.9. The molecule has 0 nitrogen and oxygen atoms in total. The van der Waals surface area contributed by atoms with Crippen LogP contribution in [0.4, 0.5) is 0 Å². The molecule has 0 radical (unpaired) electrons. The molecule has 4 aromatic rings. The highest BCUT2D eigenvalue weighted by molar-refractivity contribution is 7.26. The maximum Gasteiger partial charge on any atom is 0.0434 e. The molecule has 0 saturated heterocycles. The molecule has 86 valence electrons. The Hall–Kier alpha value is -1.86. The van der Waals surface area contributed by atoms with Crippen molar-refractivity contribution in [3.63, 3.8) is 0 Å². The molecule has 1 aromatic heterocycles. The van der Waals surface area contributed by atoms with Gasteiger partial charge in [0, 0.05) is 20.2 Å². The maximum atomic E-state index is 2.33. The van der Waals surface area contributed by atoms with Gasteiger partial charge in [0.25, 0.3) is 0 Å². The van der Waals surface area contributed by atoms with Crippen LogP contribution < -0.4 is 0 Å². The SMILES string of the molecule is Cc1cc2c3ccccc3sc2c2ccccc12. The molecular formula is C17H12S. The molecule has 1 heterocycles. The molecule has 18 heavy (non-hydrogen) atoms. The zero-order valence-electron chi connectivity index (χ0n) is 10.1. The van der Waals surface area contributed by atoms with Gasteiger partial charge in [0.05, 0.1) is 0 Å². The first kappa shape index (κ1) is 10.1. The number of rotatable bonds is 0. The van der Waals surface area contributed by atoms with E-state index in [9.17, 15) is 0 Å². The number of fused-ring (bicyclic) bond motifs is 5. The van der Waals surface area contributed by atoms with E-state index in [0.29, 0.717) is 0 Å². The summed E-state index contributed by atoms with van der Waals surface area (Å²) in [4.78, 5) is 0. The average Bonchev–Trinajstić information content (AvgIpc) is 2.78. The highest BCUT2D eigenvalue weighted by Crippen LogP contribution is 2.39. The molecule has 3 aromatic carbocycles. The van der Waals surface area contributed by atoms with Crippen LogP contribution in [0.1, 0.15) is 5.56 Å². The third-order valence-corrected chi connectivity index (χ3v) is 4.81. The molecule has 0 spiro atoms. The van der Waals surface area contributed by atoms with Crippen LogP contribution in [0.5, 0.6) is 0 Å². The van der Waals surface area contributed by atoms with E-state index in [-0.39, 0.29) is 0 Å². The molecule has 0 amide bonds. The predicted octanol–water partition coefficient (Wildman–Crippen LogP) is 5.52. The molecule has 0 aliphatic heterocycles. The van der Waals surface area contributed by atoms with Crippen LogP contribution in [-0.2, 0) is 0 Å². The molecule has 0 fully saturated rings. The van der Waals surface area contributed by atoms with E-state index in [2.05, 4.69) is 61.5 Å². The first-order valence-corrected chi connectivity index (χ1v) is 6.96. The van der Waals surface area contributed by atoms with Crippen molar-refractivity contribution in [1.82, 2.24) is 0 Å². The molecular weight excluding hydrogens is 236 g/mol. The molecule has 0 aliphatic rings. The number of aryl methyl sites for hydroxylation is 1. The summed E-state index contributed by atoms with van der Waals surface area (Å²) in [6.45, 7) is 2.20. The van der Waals surface area contributed by atoms with Gasteiger partial charge in [-0.15, -0.1) is 11.3 Å². The van der Waals surface area contributed by atoms with Crippen LogP contribution >= 0.6 is 11.3 Å². The van der Waals surface area contributed by atoms with Crippen LogP contribution in [0, 0.1) is 6.92 Å². The summed E-state index contributed by atoms with van der Waals surface area (Å²) in [6.07, 6.45) is 0. The molecule has 4 rings (SSSR count). The summed E-state index contributed by atoms with van der Waals surface area (Å²) in [5, 5.41) is 5.53. The Bertz CT molecular complexity index is 884. The average molecular weight is 248 g/mol. The summed E-state index contributed by atoms with van der Waals surface area (Å²) in [6, 6.07) is 19.7. The van der Waals surface area contributed by atoms with Gasteiger partial charge in [-0.1, -0.05) is 42.5 Å². The summed E-state index contributed by atoms with van der Waals surface area (Å²) in [7, 11) is 0. The molecule has 0 unspecified atom stereocenters. The van der Waals surface area contributed by atoms with Gasteiger partial charge in [-0.25, -0.2) is 0 Å². The summed E-state index contributed by atoms with van der Waals surface area (Å²) >= 11 is 1.90. The minimum Gasteiger partial charge on any atom is -0.135 e. The number of thiophene rings is 1. The molecule has 0 bridgehead atoms. The van der Waals surface area contributed by atoms with E-state index in [4.69, 9.17) is 0 Å². The van der Waals surface area contributed by atoms with Gasteiger partial charge >= 0.3 is 0 Å². The number of benzene rings is 3. The molecule has 1 heteroatoms. The second kappa shape index (κ2) is 3.56. The first-order chi connectivity index (χ1) is 8.84. The Morgan fingerprint density at radius 3 is 2.22 bits per heavy atom. The maximum absolute atomic E-state index is 2.33. The Labute approximate surface area is 109 Å². The van der Waals surface area contributed by atoms with E-state index in [1.54, 1.807) is 0 Å². The van der Waals surface area contributed by atoms with Crippen molar-refractivity contribution in [2.24, 2.45) is 0 Å². The minimum atomic E-state index is 1.36. The van der Waals surface area contributed by atoms with Gasteiger partial charge in [-0.05, 0) is 35.4 Å². The monoisotopic (exact) mass is 248 g/mol. The predicted molar refractivity (Wildman–Crippen MR) is 81.6 cm³/mol. The van der Waals surface area contributed by atoms with E-state index in [0.717, 1.165) is 0 Å². The Balaban J connectivity index is 2.36. The van der Waals surface area contributed by atoms with Crippen molar-refractivity contribution in [2.45, 2.75) is 6.92 Å². The lowest BCUT2D eigenvalue weighted by atomic mass is 10.0. The van der Waals surface area contributed by atoms with Crippen molar-refractivity contribution in [3.05, 3.63) is 60.2 Å². The van der Waals surface area contributed by atoms with Crippen molar-refractivity contribution >= 4 is 42.3 Å². The molecule has 0 aliphatic carbocycles.